The van der Waals surface area contributed by atoms with Gasteiger partial charge in [-0.15, -0.1) is 0 Å². The number of ether oxygens (including phenoxy) is 1. The molecule has 0 N–H and O–H groups in total. The number of esters is 1. The Kier molecular flexibility index (Phi) is 10.5. The minimum atomic E-state index is -0.704. The maximum Gasteiger partial charge on any atom is 0.314 e. The molecular formula is C6H11B4N3O2. The summed E-state index contributed by atoms with van der Waals surface area (Å²) in [7, 11) is 15.3. The standard InChI is InChI=1S/C6H11N3O2.B4/c1-4(2)5(8-9-7)6(10)11-3;1-4(2)3/h4-5H,1-3H3;. The third kappa shape index (κ3) is 11.0. The van der Waals surface area contributed by atoms with E-state index in [2.05, 4.69) is 38.0 Å². The van der Waals surface area contributed by atoms with E-state index in [0.29, 0.717) is 0 Å². The summed E-state index contributed by atoms with van der Waals surface area (Å²) in [5, 5.41) is 3.30. The van der Waals surface area contributed by atoms with Crippen molar-refractivity contribution in [2.24, 2.45) is 11.0 Å². The highest BCUT2D eigenvalue weighted by Gasteiger charge is 2.20. The van der Waals surface area contributed by atoms with Gasteiger partial charge in [-0.25, -0.2) is 0 Å². The zero-order valence-corrected chi connectivity index (χ0v) is 9.12. The van der Waals surface area contributed by atoms with Crippen molar-refractivity contribution in [1.29, 1.82) is 0 Å². The third-order valence-electron chi connectivity index (χ3n) is 1.25. The number of hydrogen-bond acceptors (Lipinski definition) is 3. The summed E-state index contributed by atoms with van der Waals surface area (Å²) in [5.41, 5.74) is 8.08. The van der Waals surface area contributed by atoms with Crippen molar-refractivity contribution in [3.05, 3.63) is 10.4 Å². The molecule has 0 aromatic rings. The van der Waals surface area contributed by atoms with E-state index in [-0.39, 0.29) is 5.92 Å². The number of carbonyl (C=O) groups excluding carboxylic acids is 1. The number of azide groups is 1. The van der Waals surface area contributed by atoms with Gasteiger partial charge in [0.25, 0.3) is 0 Å². The molecule has 15 heavy (non-hydrogen) atoms. The van der Waals surface area contributed by atoms with E-state index in [1.54, 1.807) is 13.8 Å². The van der Waals surface area contributed by atoms with Crippen LogP contribution in [0.4, 0.5) is 0 Å². The molecule has 0 aromatic carbocycles. The van der Waals surface area contributed by atoms with Gasteiger partial charge in [0.05, 0.1) is 7.11 Å². The summed E-state index contributed by atoms with van der Waals surface area (Å²) in [6.07, 6.45) is -0.667. The molecule has 1 atom stereocenters. The Morgan fingerprint density at radius 3 is 2.07 bits per heavy atom. The summed E-state index contributed by atoms with van der Waals surface area (Å²) < 4.78 is 4.42. The molecule has 0 aliphatic rings. The zero-order valence-electron chi connectivity index (χ0n) is 9.12. The molecule has 0 fully saturated rings. The Morgan fingerprint density at radius 2 is 1.87 bits per heavy atom. The number of nitrogens with zero attached hydrogens (tertiary/aromatic N) is 3. The molecule has 0 spiro atoms. The first-order valence-electron chi connectivity index (χ1n) is 4.25. The monoisotopic (exact) mass is 201 g/mol. The lowest BCUT2D eigenvalue weighted by atomic mass is 9.08. The molecule has 0 amide bonds. The lowest BCUT2D eigenvalue weighted by Crippen LogP contribution is -2.24. The summed E-state index contributed by atoms with van der Waals surface area (Å²) in [6, 6.07) is -0.704. The lowest BCUT2D eigenvalue weighted by Gasteiger charge is -2.11. The zero-order chi connectivity index (χ0) is 12.4. The van der Waals surface area contributed by atoms with Crippen LogP contribution in [0.1, 0.15) is 13.8 Å². The van der Waals surface area contributed by atoms with Crippen molar-refractivity contribution in [3.8, 4) is 0 Å². The largest absolute Gasteiger partial charge is 0.469 e. The van der Waals surface area contributed by atoms with E-state index in [1.807, 2.05) is 0 Å². The first kappa shape index (κ1) is 16.5. The highest BCUT2D eigenvalue weighted by atomic mass is 16.5. The van der Waals surface area contributed by atoms with Crippen molar-refractivity contribution in [2.75, 3.05) is 7.11 Å². The summed E-state index contributed by atoms with van der Waals surface area (Å²) in [6.45, 7) is 3.58. The minimum Gasteiger partial charge on any atom is -0.469 e. The molecule has 0 bridgehead atoms. The molecule has 0 saturated carbocycles. The summed E-state index contributed by atoms with van der Waals surface area (Å²) in [4.78, 5) is 13.4. The van der Waals surface area contributed by atoms with Crippen molar-refractivity contribution < 1.29 is 9.53 Å². The van der Waals surface area contributed by atoms with Crippen LogP contribution in [-0.4, -0.2) is 48.7 Å². The van der Waals surface area contributed by atoms with E-state index in [1.165, 1.54) is 7.11 Å². The van der Waals surface area contributed by atoms with Gasteiger partial charge in [-0.1, -0.05) is 19.0 Å². The lowest BCUT2D eigenvalue weighted by molar-refractivity contribution is -0.143. The highest BCUT2D eigenvalue weighted by molar-refractivity contribution is 7.49. The van der Waals surface area contributed by atoms with Gasteiger partial charge in [-0.3, -0.25) is 4.79 Å². The fourth-order valence-electron chi connectivity index (χ4n) is 0.629. The number of methoxy groups -OCH3 is 1. The van der Waals surface area contributed by atoms with Crippen molar-refractivity contribution in [2.45, 2.75) is 19.9 Å². The molecule has 0 aliphatic carbocycles. The smallest absolute Gasteiger partial charge is 0.314 e. The Morgan fingerprint density at radius 1 is 1.47 bits per heavy atom. The van der Waals surface area contributed by atoms with E-state index in [4.69, 9.17) is 5.53 Å². The van der Waals surface area contributed by atoms with Crippen molar-refractivity contribution in [1.82, 2.24) is 0 Å². The topological polar surface area (TPSA) is 75.1 Å². The molecule has 5 nitrogen and oxygen atoms in total. The van der Waals surface area contributed by atoms with Crippen LogP contribution in [0.2, 0.25) is 0 Å². The second-order valence-corrected chi connectivity index (χ2v) is 2.99. The Bertz CT molecular complexity index is 228. The predicted molar refractivity (Wildman–Crippen MR) is 62.8 cm³/mol. The van der Waals surface area contributed by atoms with Crippen LogP contribution in [0.25, 0.3) is 10.4 Å². The maximum atomic E-state index is 10.9. The summed E-state index contributed by atoms with van der Waals surface area (Å²) >= 11 is 0. The maximum absolute atomic E-state index is 10.9. The van der Waals surface area contributed by atoms with Gasteiger partial charge in [0.2, 0.25) is 0 Å². The minimum absolute atomic E-state index is 0.0293. The third-order valence-corrected chi connectivity index (χ3v) is 1.25. The Labute approximate surface area is 94.2 Å². The van der Waals surface area contributed by atoms with E-state index >= 15 is 0 Å². The van der Waals surface area contributed by atoms with Crippen LogP contribution in [0, 0.1) is 5.92 Å². The fourth-order valence-corrected chi connectivity index (χ4v) is 0.629. The van der Waals surface area contributed by atoms with Crippen LogP contribution >= 0.6 is 0 Å². The molecule has 0 aliphatic heterocycles. The van der Waals surface area contributed by atoms with Gasteiger partial charge in [0, 0.05) is 34.5 Å². The van der Waals surface area contributed by atoms with E-state index in [0.717, 1.165) is 0 Å². The SMILES string of the molecule is COC(=O)C(N=[N+]=[N-])C(C)C.[B]B([B])[B]. The average molecular weight is 200 g/mol. The molecule has 0 aromatic heterocycles. The molecule has 9 heteroatoms. The normalized spacial score (nSPS) is 10.4. The quantitative estimate of drug-likeness (QED) is 0.211. The predicted octanol–water partition coefficient (Wildman–Crippen LogP) is -0.0289. The van der Waals surface area contributed by atoms with Gasteiger partial charge in [-0.2, -0.15) is 0 Å². The number of rotatable bonds is 3. The van der Waals surface area contributed by atoms with Gasteiger partial charge < -0.3 is 4.74 Å². The molecule has 0 saturated heterocycles. The second kappa shape index (κ2) is 9.59. The van der Waals surface area contributed by atoms with Gasteiger partial charge in [0.1, 0.15) is 6.04 Å². The highest BCUT2D eigenvalue weighted by Crippen LogP contribution is 2.07. The van der Waals surface area contributed by atoms with Crippen LogP contribution < -0.4 is 0 Å². The van der Waals surface area contributed by atoms with E-state index in [9.17, 15) is 4.79 Å². The molecule has 1 unspecified atom stereocenters. The number of hydrogen-bond donors (Lipinski definition) is 0. The first-order chi connectivity index (χ1) is 6.86. The van der Waals surface area contributed by atoms with Crippen LogP contribution in [0.5, 0.6) is 0 Å². The van der Waals surface area contributed by atoms with Crippen LogP contribution in [0.15, 0.2) is 5.11 Å². The molecule has 74 valence electrons. The molecule has 0 heterocycles. The van der Waals surface area contributed by atoms with Crippen molar-refractivity contribution in [3.63, 3.8) is 0 Å². The van der Waals surface area contributed by atoms with Crippen molar-refractivity contribution >= 4 is 35.6 Å². The van der Waals surface area contributed by atoms with E-state index < -0.39 is 18.4 Å². The first-order valence-corrected chi connectivity index (χ1v) is 4.25. The second-order valence-electron chi connectivity index (χ2n) is 2.99. The van der Waals surface area contributed by atoms with Gasteiger partial charge in [-0.05, 0) is 11.4 Å². The van der Waals surface area contributed by atoms with Gasteiger partial charge >= 0.3 is 5.97 Å². The average Bonchev–Trinajstić information content (AvgIpc) is 2.11. The van der Waals surface area contributed by atoms with Crippen LogP contribution in [0.3, 0.4) is 0 Å². The molecule has 6 radical (unpaired) electrons. The van der Waals surface area contributed by atoms with Gasteiger partial charge in [0.15, 0.2) is 0 Å². The molecule has 0 rings (SSSR count). The summed E-state index contributed by atoms with van der Waals surface area (Å²) in [5.74, 6) is -0.517. The molecular weight excluding hydrogens is 189 g/mol. The number of carbonyl (C=O) groups is 1. The Balaban J connectivity index is 0. The Hall–Kier alpha value is -0.960. The van der Waals surface area contributed by atoms with Crippen LogP contribution in [-0.2, 0) is 9.53 Å². The fraction of sp³-hybridized carbons (Fsp3) is 0.833.